The number of carbonyl (C=O) groups is 3. The highest BCUT2D eigenvalue weighted by molar-refractivity contribution is 8.02. The smallest absolute Gasteiger partial charge is 0.286 e. The molecule has 0 saturated carbocycles. The summed E-state index contributed by atoms with van der Waals surface area (Å²) >= 11 is 6.86. The standard InChI is InChI=1S/C12H18ClNO3S/c1-3-5-7-12(18-8-6-4-2)9(15)10(16)14(13)11(12)17/h3-8H2,1-2H3. The molecule has 0 aromatic rings. The predicted octanol–water partition coefficient (Wildman–Crippen LogP) is 2.54. The molecular weight excluding hydrogens is 274 g/mol. The summed E-state index contributed by atoms with van der Waals surface area (Å²) < 4.78 is -0.805. The van der Waals surface area contributed by atoms with Crippen molar-refractivity contribution < 1.29 is 14.4 Å². The minimum atomic E-state index is -1.26. The first-order valence-corrected chi connectivity index (χ1v) is 7.56. The number of unbranched alkanes of at least 4 members (excludes halogenated alkanes) is 2. The normalized spacial score (nSPS) is 24.2. The van der Waals surface area contributed by atoms with Crippen LogP contribution in [0.5, 0.6) is 0 Å². The van der Waals surface area contributed by atoms with Crippen molar-refractivity contribution in [2.45, 2.75) is 50.7 Å². The van der Waals surface area contributed by atoms with Crippen molar-refractivity contribution in [3.8, 4) is 0 Å². The number of halogens is 1. The third-order valence-electron chi connectivity index (χ3n) is 2.99. The van der Waals surface area contributed by atoms with Gasteiger partial charge in [-0.1, -0.05) is 33.1 Å². The molecule has 1 aliphatic rings. The number of Topliss-reactive ketones (excluding diaryl/α,β-unsaturated/α-hetero) is 1. The van der Waals surface area contributed by atoms with E-state index in [2.05, 4.69) is 0 Å². The molecule has 1 unspecified atom stereocenters. The number of imide groups is 1. The Morgan fingerprint density at radius 2 is 1.78 bits per heavy atom. The molecule has 1 saturated heterocycles. The first kappa shape index (κ1) is 15.5. The molecule has 102 valence electrons. The molecule has 0 aromatic carbocycles. The maximum Gasteiger partial charge on any atom is 0.313 e. The lowest BCUT2D eigenvalue weighted by Crippen LogP contribution is -2.40. The number of carbonyl (C=O) groups excluding carboxylic acids is 3. The molecular formula is C12H18ClNO3S. The molecule has 1 aliphatic heterocycles. The van der Waals surface area contributed by atoms with E-state index < -0.39 is 22.3 Å². The quantitative estimate of drug-likeness (QED) is 0.238. The summed E-state index contributed by atoms with van der Waals surface area (Å²) in [4.78, 5) is 35.6. The van der Waals surface area contributed by atoms with Crippen molar-refractivity contribution in [3.63, 3.8) is 0 Å². The Morgan fingerprint density at radius 1 is 1.17 bits per heavy atom. The van der Waals surface area contributed by atoms with Crippen molar-refractivity contribution in [1.82, 2.24) is 4.42 Å². The summed E-state index contributed by atoms with van der Waals surface area (Å²) in [6.45, 7) is 4.02. The summed E-state index contributed by atoms with van der Waals surface area (Å²) in [6.07, 6.45) is 3.89. The van der Waals surface area contributed by atoms with Gasteiger partial charge < -0.3 is 0 Å². The predicted molar refractivity (Wildman–Crippen MR) is 72.3 cm³/mol. The first-order valence-electron chi connectivity index (χ1n) is 6.24. The molecule has 1 fully saturated rings. The van der Waals surface area contributed by atoms with E-state index in [-0.39, 0.29) is 0 Å². The zero-order chi connectivity index (χ0) is 13.8. The van der Waals surface area contributed by atoms with Gasteiger partial charge in [-0.05, 0) is 18.6 Å². The molecule has 0 bridgehead atoms. The SMILES string of the molecule is CCCCSC1(CCCC)C(=O)C(=O)N(Cl)C1=O. The van der Waals surface area contributed by atoms with Gasteiger partial charge in [-0.15, -0.1) is 11.8 Å². The third-order valence-corrected chi connectivity index (χ3v) is 4.85. The number of hydrogen-bond acceptors (Lipinski definition) is 4. The van der Waals surface area contributed by atoms with Gasteiger partial charge in [0, 0.05) is 11.8 Å². The van der Waals surface area contributed by atoms with Crippen LogP contribution in [0.3, 0.4) is 0 Å². The number of amides is 2. The Labute approximate surface area is 117 Å². The van der Waals surface area contributed by atoms with Crippen LogP contribution in [0.2, 0.25) is 0 Å². The van der Waals surface area contributed by atoms with Gasteiger partial charge in [0.2, 0.25) is 5.78 Å². The lowest BCUT2D eigenvalue weighted by Gasteiger charge is -2.23. The molecule has 1 rings (SSSR count). The molecule has 0 N–H and O–H groups in total. The molecule has 0 radical (unpaired) electrons. The van der Waals surface area contributed by atoms with Crippen molar-refractivity contribution in [2.75, 3.05) is 5.75 Å². The monoisotopic (exact) mass is 291 g/mol. The van der Waals surface area contributed by atoms with Crippen molar-refractivity contribution >= 4 is 41.1 Å². The van der Waals surface area contributed by atoms with Crippen LogP contribution in [0.15, 0.2) is 0 Å². The van der Waals surface area contributed by atoms with Crippen LogP contribution < -0.4 is 0 Å². The zero-order valence-electron chi connectivity index (χ0n) is 10.7. The largest absolute Gasteiger partial charge is 0.313 e. The van der Waals surface area contributed by atoms with Crippen molar-refractivity contribution in [2.24, 2.45) is 0 Å². The average Bonchev–Trinajstić information content (AvgIpc) is 2.53. The Morgan fingerprint density at radius 3 is 2.22 bits per heavy atom. The van der Waals surface area contributed by atoms with E-state index in [4.69, 9.17) is 11.8 Å². The van der Waals surface area contributed by atoms with Crippen LogP contribution in [0.1, 0.15) is 46.0 Å². The van der Waals surface area contributed by atoms with E-state index in [0.29, 0.717) is 16.6 Å². The van der Waals surface area contributed by atoms with E-state index in [1.165, 1.54) is 11.8 Å². The Bertz CT molecular complexity index is 361. The number of hydrogen-bond donors (Lipinski definition) is 0. The molecule has 0 spiro atoms. The highest BCUT2D eigenvalue weighted by Crippen LogP contribution is 2.40. The van der Waals surface area contributed by atoms with Crippen LogP contribution in [0, 0.1) is 0 Å². The maximum absolute atomic E-state index is 12.1. The van der Waals surface area contributed by atoms with Gasteiger partial charge in [0.05, 0.1) is 0 Å². The first-order chi connectivity index (χ1) is 8.51. The lowest BCUT2D eigenvalue weighted by molar-refractivity contribution is -0.139. The van der Waals surface area contributed by atoms with Crippen LogP contribution in [-0.2, 0) is 14.4 Å². The van der Waals surface area contributed by atoms with Gasteiger partial charge in [0.1, 0.15) is 0 Å². The second-order valence-electron chi connectivity index (χ2n) is 4.35. The fourth-order valence-corrected chi connectivity index (χ4v) is 3.62. The molecule has 0 aliphatic carbocycles. The highest BCUT2D eigenvalue weighted by atomic mass is 35.5. The molecule has 18 heavy (non-hydrogen) atoms. The maximum atomic E-state index is 12.1. The molecule has 1 heterocycles. The molecule has 0 aromatic heterocycles. The Kier molecular flexibility index (Phi) is 5.66. The van der Waals surface area contributed by atoms with E-state index in [9.17, 15) is 14.4 Å². The lowest BCUT2D eigenvalue weighted by atomic mass is 9.98. The summed E-state index contributed by atoms with van der Waals surface area (Å²) in [5.41, 5.74) is 0. The minimum Gasteiger partial charge on any atom is -0.286 e. The van der Waals surface area contributed by atoms with Gasteiger partial charge in [-0.25, -0.2) is 0 Å². The van der Waals surface area contributed by atoms with Gasteiger partial charge in [0.25, 0.3) is 5.91 Å². The Hall–Kier alpha value is -0.550. The minimum absolute atomic E-state index is 0.393. The number of nitrogens with zero attached hydrogens (tertiary/aromatic N) is 1. The summed E-state index contributed by atoms with van der Waals surface area (Å²) in [7, 11) is 0. The number of rotatable bonds is 7. The molecule has 4 nitrogen and oxygen atoms in total. The highest BCUT2D eigenvalue weighted by Gasteiger charge is 2.59. The van der Waals surface area contributed by atoms with Gasteiger partial charge in [-0.2, -0.15) is 4.42 Å². The number of thioether (sulfide) groups is 1. The second kappa shape index (κ2) is 6.57. The fraction of sp³-hybridized carbons (Fsp3) is 0.750. The second-order valence-corrected chi connectivity index (χ2v) is 6.08. The fourth-order valence-electron chi connectivity index (χ4n) is 1.85. The van der Waals surface area contributed by atoms with Crippen molar-refractivity contribution in [1.29, 1.82) is 0 Å². The van der Waals surface area contributed by atoms with Gasteiger partial charge in [-0.3, -0.25) is 14.4 Å². The van der Waals surface area contributed by atoms with E-state index >= 15 is 0 Å². The van der Waals surface area contributed by atoms with Crippen LogP contribution in [0.4, 0.5) is 0 Å². The molecule has 1 atom stereocenters. The van der Waals surface area contributed by atoms with E-state index in [1.807, 2.05) is 13.8 Å². The van der Waals surface area contributed by atoms with E-state index in [0.717, 1.165) is 25.7 Å². The topological polar surface area (TPSA) is 54.5 Å². The molecule has 2 amide bonds. The van der Waals surface area contributed by atoms with Crippen molar-refractivity contribution in [3.05, 3.63) is 0 Å². The average molecular weight is 292 g/mol. The Balaban J connectivity index is 2.92. The number of ketones is 1. The van der Waals surface area contributed by atoms with Gasteiger partial charge in [0.15, 0.2) is 4.75 Å². The van der Waals surface area contributed by atoms with Crippen LogP contribution in [-0.4, -0.2) is 32.5 Å². The third kappa shape index (κ3) is 2.72. The van der Waals surface area contributed by atoms with Crippen LogP contribution in [0.25, 0.3) is 0 Å². The summed E-state index contributed by atoms with van der Waals surface area (Å²) in [5, 5.41) is 0. The summed E-state index contributed by atoms with van der Waals surface area (Å²) in [5.74, 6) is -1.41. The molecule has 6 heteroatoms. The van der Waals surface area contributed by atoms with E-state index in [1.54, 1.807) is 0 Å². The van der Waals surface area contributed by atoms with Gasteiger partial charge >= 0.3 is 5.91 Å². The summed E-state index contributed by atoms with van der Waals surface area (Å²) in [6, 6.07) is 0. The zero-order valence-corrected chi connectivity index (χ0v) is 12.3. The van der Waals surface area contributed by atoms with Crippen LogP contribution >= 0.6 is 23.5 Å².